The maximum atomic E-state index is 14.4. The second-order valence-electron chi connectivity index (χ2n) is 9.76. The lowest BCUT2D eigenvalue weighted by Crippen LogP contribution is -2.50. The Morgan fingerprint density at radius 3 is 2.43 bits per heavy atom. The summed E-state index contributed by atoms with van der Waals surface area (Å²) in [5.74, 6) is -2.87. The summed E-state index contributed by atoms with van der Waals surface area (Å²) < 4.78 is 48.4. The minimum atomic E-state index is -4.43. The average molecular weight is 524 g/mol. The zero-order chi connectivity index (χ0) is 26.6. The molecule has 3 atom stereocenters. The molecular weight excluding hydrogens is 497 g/mol. The van der Waals surface area contributed by atoms with E-state index in [2.05, 4.69) is 0 Å². The number of amides is 1. The lowest BCUT2D eigenvalue weighted by Gasteiger charge is -2.42. The van der Waals surface area contributed by atoms with Gasteiger partial charge in [0.1, 0.15) is 11.4 Å². The third kappa shape index (κ3) is 3.67. The molecule has 7 nitrogen and oxygen atoms in total. The van der Waals surface area contributed by atoms with Gasteiger partial charge in [0.05, 0.1) is 16.9 Å². The summed E-state index contributed by atoms with van der Waals surface area (Å²) in [6.07, 6.45) is 4.27. The van der Waals surface area contributed by atoms with E-state index in [-0.39, 0.29) is 42.1 Å². The van der Waals surface area contributed by atoms with Gasteiger partial charge in [-0.05, 0) is 68.7 Å². The number of rotatable bonds is 5. The number of aryl methyl sites for hydroxylation is 1. The molecule has 0 bridgehead atoms. The lowest BCUT2D eigenvalue weighted by molar-refractivity contribution is -0.139. The normalized spacial score (nSPS) is 26.9. The lowest BCUT2D eigenvalue weighted by atomic mass is 9.62. The van der Waals surface area contributed by atoms with Crippen LogP contribution in [0.5, 0.6) is 0 Å². The number of hydrogen-bond donors (Lipinski definition) is 0. The molecule has 0 radical (unpaired) electrons. The molecule has 1 amide bonds. The number of carbonyl (C=O) groups is 3. The molecule has 1 spiro atoms. The van der Waals surface area contributed by atoms with E-state index >= 15 is 0 Å². The monoisotopic (exact) mass is 523 g/mol. The number of halogens is 1. The van der Waals surface area contributed by atoms with Crippen LogP contribution in [0.15, 0.2) is 77.2 Å². The Morgan fingerprint density at radius 2 is 1.78 bits per heavy atom. The maximum absolute atomic E-state index is 14.4. The van der Waals surface area contributed by atoms with E-state index in [0.29, 0.717) is 5.56 Å². The summed E-state index contributed by atoms with van der Waals surface area (Å²) in [6.45, 7) is 3.64. The van der Waals surface area contributed by atoms with Crippen LogP contribution in [0.2, 0.25) is 0 Å². The third-order valence-electron chi connectivity index (χ3n) is 7.70. The van der Waals surface area contributed by atoms with E-state index in [0.717, 1.165) is 9.87 Å². The third-order valence-corrected chi connectivity index (χ3v) is 9.51. The van der Waals surface area contributed by atoms with E-state index in [1.807, 2.05) is 6.92 Å². The predicted molar refractivity (Wildman–Crippen MR) is 132 cm³/mol. The van der Waals surface area contributed by atoms with Crippen LogP contribution >= 0.6 is 0 Å². The molecular formula is C28H26FNO6S. The number of ketones is 1. The first-order chi connectivity index (χ1) is 17.6. The number of allylic oxidation sites excluding steroid dienone is 2. The van der Waals surface area contributed by atoms with Crippen molar-refractivity contribution in [1.29, 1.82) is 0 Å². The van der Waals surface area contributed by atoms with Crippen molar-refractivity contribution in [3.8, 4) is 0 Å². The molecule has 9 heteroatoms. The van der Waals surface area contributed by atoms with Crippen LogP contribution in [-0.4, -0.2) is 37.0 Å². The van der Waals surface area contributed by atoms with Gasteiger partial charge in [0.15, 0.2) is 5.78 Å². The van der Waals surface area contributed by atoms with E-state index in [9.17, 15) is 27.2 Å². The van der Waals surface area contributed by atoms with Crippen LogP contribution in [0.4, 0.5) is 4.39 Å². The number of esters is 1. The SMILES string of the molecule is CCOC(=O)C1=CC[C@@]2(C1)C(=O)N(S(=O)(=O)c1ccc(C)cc1)[C@]1(c3ccc(F)cc3)C=CC(=O)C[C@H]21. The molecule has 37 heavy (non-hydrogen) atoms. The Balaban J connectivity index is 1.75. The van der Waals surface area contributed by atoms with Gasteiger partial charge < -0.3 is 4.74 Å². The second-order valence-corrected chi connectivity index (χ2v) is 11.5. The number of ether oxygens (including phenoxy) is 1. The molecule has 2 aromatic carbocycles. The van der Waals surface area contributed by atoms with Crippen LogP contribution in [0.25, 0.3) is 0 Å². The standard InChI is InChI=1S/C28H26FNO6S/c1-3-36-25(32)19-12-14-27(17-19)24-16-22(31)13-15-28(24,20-6-8-21(29)9-7-20)30(26(27)33)37(34,35)23-10-4-18(2)5-11-23/h4-13,15,24H,3,14,16-17H2,1-2H3/t24-,27+,28+/m1/s1. The van der Waals surface area contributed by atoms with Crippen molar-refractivity contribution in [1.82, 2.24) is 4.31 Å². The Bertz CT molecular complexity index is 1460. The van der Waals surface area contributed by atoms with Crippen molar-refractivity contribution in [3.05, 3.63) is 89.3 Å². The molecule has 0 N–H and O–H groups in total. The Morgan fingerprint density at radius 1 is 1.11 bits per heavy atom. The first-order valence-electron chi connectivity index (χ1n) is 12.1. The first kappa shape index (κ1) is 25.1. The summed E-state index contributed by atoms with van der Waals surface area (Å²) >= 11 is 0. The van der Waals surface area contributed by atoms with Gasteiger partial charge in [-0.1, -0.05) is 35.9 Å². The summed E-state index contributed by atoms with van der Waals surface area (Å²) in [4.78, 5) is 39.6. The van der Waals surface area contributed by atoms with Gasteiger partial charge in [0.25, 0.3) is 10.0 Å². The molecule has 1 saturated heterocycles. The van der Waals surface area contributed by atoms with Crippen LogP contribution in [0.3, 0.4) is 0 Å². The molecule has 0 aromatic heterocycles. The largest absolute Gasteiger partial charge is 0.463 e. The van der Waals surface area contributed by atoms with Crippen LogP contribution in [0, 0.1) is 24.1 Å². The zero-order valence-corrected chi connectivity index (χ0v) is 21.3. The van der Waals surface area contributed by atoms with Gasteiger partial charge in [-0.2, -0.15) is 0 Å². The second kappa shape index (κ2) is 8.76. The molecule has 2 aromatic rings. The highest BCUT2D eigenvalue weighted by Crippen LogP contribution is 2.63. The van der Waals surface area contributed by atoms with E-state index in [1.165, 1.54) is 48.6 Å². The van der Waals surface area contributed by atoms with E-state index in [1.54, 1.807) is 25.1 Å². The minimum Gasteiger partial charge on any atom is -0.463 e. The quantitative estimate of drug-likeness (QED) is 0.550. The van der Waals surface area contributed by atoms with Gasteiger partial charge in [-0.25, -0.2) is 21.9 Å². The first-order valence-corrected chi connectivity index (χ1v) is 13.5. The predicted octanol–water partition coefficient (Wildman–Crippen LogP) is 3.98. The minimum absolute atomic E-state index is 0.0562. The number of nitrogens with zero attached hydrogens (tertiary/aromatic N) is 1. The van der Waals surface area contributed by atoms with E-state index < -0.39 is 44.6 Å². The highest BCUT2D eigenvalue weighted by molar-refractivity contribution is 7.89. The fourth-order valence-electron chi connectivity index (χ4n) is 5.96. The fraction of sp³-hybridized carbons (Fsp3) is 0.321. The van der Waals surface area contributed by atoms with Crippen molar-refractivity contribution < 1.29 is 31.9 Å². The number of benzene rings is 2. The summed E-state index contributed by atoms with van der Waals surface area (Å²) in [5.41, 5.74) is -1.46. The Hall–Kier alpha value is -3.59. The van der Waals surface area contributed by atoms with Crippen LogP contribution < -0.4 is 0 Å². The van der Waals surface area contributed by atoms with Crippen molar-refractivity contribution in [2.75, 3.05) is 6.61 Å². The van der Waals surface area contributed by atoms with Gasteiger partial charge in [0.2, 0.25) is 5.91 Å². The van der Waals surface area contributed by atoms with Crippen molar-refractivity contribution >= 4 is 27.7 Å². The number of carbonyl (C=O) groups excluding carboxylic acids is 3. The van der Waals surface area contributed by atoms with Crippen LogP contribution in [0.1, 0.15) is 37.3 Å². The molecule has 5 rings (SSSR count). The summed E-state index contributed by atoms with van der Waals surface area (Å²) in [6, 6.07) is 11.4. The van der Waals surface area contributed by atoms with Gasteiger partial charge in [-0.15, -0.1) is 0 Å². The maximum Gasteiger partial charge on any atom is 0.333 e. The number of hydrogen-bond acceptors (Lipinski definition) is 6. The molecule has 1 heterocycles. The van der Waals surface area contributed by atoms with Crippen molar-refractivity contribution in [2.24, 2.45) is 11.3 Å². The summed E-state index contributed by atoms with van der Waals surface area (Å²) in [5, 5.41) is 0. The topological polar surface area (TPSA) is 97.8 Å². The number of sulfonamides is 1. The molecule has 0 unspecified atom stereocenters. The zero-order valence-electron chi connectivity index (χ0n) is 20.4. The molecule has 1 aliphatic heterocycles. The van der Waals surface area contributed by atoms with Gasteiger partial charge >= 0.3 is 5.97 Å². The average Bonchev–Trinajstić information content (AvgIpc) is 3.40. The van der Waals surface area contributed by atoms with Gasteiger partial charge in [0, 0.05) is 17.9 Å². The van der Waals surface area contributed by atoms with Crippen molar-refractivity contribution in [3.63, 3.8) is 0 Å². The molecule has 2 aliphatic carbocycles. The molecule has 1 fully saturated rings. The smallest absolute Gasteiger partial charge is 0.333 e. The number of fused-ring (bicyclic) bond motifs is 2. The molecule has 192 valence electrons. The molecule has 0 saturated carbocycles. The highest BCUT2D eigenvalue weighted by atomic mass is 32.2. The summed E-state index contributed by atoms with van der Waals surface area (Å²) in [7, 11) is -4.43. The molecule has 3 aliphatic rings. The van der Waals surface area contributed by atoms with Gasteiger partial charge in [-0.3, -0.25) is 9.59 Å². The fourth-order valence-corrected chi connectivity index (χ4v) is 7.74. The van der Waals surface area contributed by atoms with Crippen molar-refractivity contribution in [2.45, 2.75) is 43.5 Å². The highest BCUT2D eigenvalue weighted by Gasteiger charge is 2.71. The Kier molecular flexibility index (Phi) is 5.94. The Labute approximate surface area is 214 Å². The van der Waals surface area contributed by atoms with E-state index in [4.69, 9.17) is 4.74 Å². The van der Waals surface area contributed by atoms with Crippen LogP contribution in [-0.2, 0) is 34.7 Å².